The van der Waals surface area contributed by atoms with Crippen molar-refractivity contribution in [2.75, 3.05) is 51.8 Å². The minimum atomic E-state index is -0.695. The van der Waals surface area contributed by atoms with Crippen LogP contribution >= 0.6 is 11.6 Å². The molecule has 4 saturated heterocycles. The Balaban J connectivity index is 0.000000375. The highest BCUT2D eigenvalue weighted by molar-refractivity contribution is 6.36. The predicted molar refractivity (Wildman–Crippen MR) is 189 cm³/mol. The first-order valence-corrected chi connectivity index (χ1v) is 17.7. The Labute approximate surface area is 294 Å². The van der Waals surface area contributed by atoms with E-state index in [9.17, 15) is 13.6 Å². The van der Waals surface area contributed by atoms with Crippen LogP contribution in [0.2, 0.25) is 5.02 Å². The van der Waals surface area contributed by atoms with Gasteiger partial charge in [0.05, 0.1) is 17.5 Å². The molecule has 2 aromatic heterocycles. The van der Waals surface area contributed by atoms with Crippen molar-refractivity contribution in [3.63, 3.8) is 0 Å². The summed E-state index contributed by atoms with van der Waals surface area (Å²) >= 11 is 6.31. The molecule has 0 aliphatic carbocycles. The van der Waals surface area contributed by atoms with E-state index >= 15 is 4.39 Å². The minimum absolute atomic E-state index is 0.00433. The summed E-state index contributed by atoms with van der Waals surface area (Å²) in [5, 5.41) is 4.68. The molecule has 4 aliphatic rings. The number of carbonyl (C=O) groups excluding carboxylic acids is 1. The third-order valence-corrected chi connectivity index (χ3v) is 10.8. The van der Waals surface area contributed by atoms with Crippen LogP contribution in [-0.2, 0) is 4.79 Å². The summed E-state index contributed by atoms with van der Waals surface area (Å²) < 4.78 is 48.5. The van der Waals surface area contributed by atoms with Gasteiger partial charge in [0.15, 0.2) is 5.82 Å². The van der Waals surface area contributed by atoms with E-state index < -0.39 is 17.8 Å². The van der Waals surface area contributed by atoms with Gasteiger partial charge in [-0.1, -0.05) is 41.9 Å². The lowest BCUT2D eigenvalue weighted by atomic mass is 10.0. The van der Waals surface area contributed by atoms with Crippen LogP contribution in [0.1, 0.15) is 38.5 Å². The number of nitrogens with one attached hydrogen (secondary N) is 1. The molecule has 1 N–H and O–H groups in total. The van der Waals surface area contributed by atoms with Gasteiger partial charge in [-0.05, 0) is 63.1 Å². The molecule has 9 nitrogen and oxygen atoms in total. The Hall–Kier alpha value is -4.00. The lowest BCUT2D eigenvalue weighted by molar-refractivity contribution is -0.125. The number of fused-ring (bicyclic) bond motifs is 3. The highest BCUT2D eigenvalue weighted by atomic mass is 35.5. The first kappa shape index (κ1) is 34.4. The Morgan fingerprint density at radius 1 is 1.10 bits per heavy atom. The molecule has 6 heterocycles. The first-order chi connectivity index (χ1) is 24.2. The number of likely N-dealkylation sites (N-methyl/N-ethyl adjacent to an activating group) is 1. The molecular formula is C37H41ClF3N7O2. The highest BCUT2D eigenvalue weighted by Gasteiger charge is 2.35. The van der Waals surface area contributed by atoms with Crippen molar-refractivity contribution in [3.05, 3.63) is 65.3 Å². The number of methoxy groups -OCH3 is 1. The van der Waals surface area contributed by atoms with E-state index in [1.54, 1.807) is 30.3 Å². The largest absolute Gasteiger partial charge is 0.467 e. The van der Waals surface area contributed by atoms with Gasteiger partial charge >= 0.3 is 6.01 Å². The second-order valence-corrected chi connectivity index (χ2v) is 13.9. The summed E-state index contributed by atoms with van der Waals surface area (Å²) in [6, 6.07) is 8.84. The van der Waals surface area contributed by atoms with E-state index in [0.29, 0.717) is 53.2 Å². The van der Waals surface area contributed by atoms with Gasteiger partial charge in [0.2, 0.25) is 5.91 Å². The molecule has 4 atom stereocenters. The van der Waals surface area contributed by atoms with Gasteiger partial charge in [-0.25, -0.2) is 13.2 Å². The van der Waals surface area contributed by atoms with Crippen molar-refractivity contribution < 1.29 is 22.7 Å². The van der Waals surface area contributed by atoms with Gasteiger partial charge in [-0.3, -0.25) is 14.7 Å². The van der Waals surface area contributed by atoms with Crippen LogP contribution in [0.25, 0.3) is 32.9 Å². The van der Waals surface area contributed by atoms with E-state index in [-0.39, 0.29) is 40.2 Å². The Morgan fingerprint density at radius 2 is 1.96 bits per heavy atom. The van der Waals surface area contributed by atoms with Gasteiger partial charge in [-0.15, -0.1) is 0 Å². The van der Waals surface area contributed by atoms with Gasteiger partial charge in [0.1, 0.15) is 29.0 Å². The summed E-state index contributed by atoms with van der Waals surface area (Å²) in [5.74, 6) is -0.880. The SMILES string of the molecule is COc1nc(N(C)C2CCN(C(=O)/C=C/C3CCCN3)C2)c2cnc(-c3cccc4ccc(F)c(Cl)c34)c(F)c2n1.FC1CC2CCCN2C1. The Bertz CT molecular complexity index is 1910. The number of halogens is 4. The summed E-state index contributed by atoms with van der Waals surface area (Å²) in [6.07, 6.45) is 10.8. The molecule has 4 fully saturated rings. The van der Waals surface area contributed by atoms with Crippen molar-refractivity contribution in [1.82, 2.24) is 30.1 Å². The van der Waals surface area contributed by atoms with E-state index in [1.807, 2.05) is 22.9 Å². The van der Waals surface area contributed by atoms with Crippen LogP contribution in [0, 0.1) is 11.6 Å². The second kappa shape index (κ2) is 14.7. The summed E-state index contributed by atoms with van der Waals surface area (Å²) in [6.45, 7) is 3.93. The van der Waals surface area contributed by atoms with Crippen molar-refractivity contribution in [2.45, 2.75) is 62.8 Å². The van der Waals surface area contributed by atoms with E-state index in [2.05, 4.69) is 25.2 Å². The number of likely N-dealkylation sites (tertiary alicyclic amines) is 1. The smallest absolute Gasteiger partial charge is 0.318 e. The maximum atomic E-state index is 16.2. The molecule has 0 saturated carbocycles. The highest BCUT2D eigenvalue weighted by Crippen LogP contribution is 2.38. The number of alkyl halides is 1. The molecule has 0 bridgehead atoms. The van der Waals surface area contributed by atoms with E-state index in [1.165, 1.54) is 32.2 Å². The average molecular weight is 708 g/mol. The monoisotopic (exact) mass is 707 g/mol. The third-order valence-electron chi connectivity index (χ3n) is 10.4. The number of hydrogen-bond donors (Lipinski definition) is 1. The van der Waals surface area contributed by atoms with Crippen molar-refractivity contribution >= 4 is 45.0 Å². The van der Waals surface area contributed by atoms with Crippen LogP contribution in [-0.4, -0.2) is 102 Å². The Morgan fingerprint density at radius 3 is 2.74 bits per heavy atom. The molecule has 4 aromatic rings. The number of anilines is 1. The molecule has 4 aliphatic heterocycles. The van der Waals surface area contributed by atoms with E-state index in [4.69, 9.17) is 16.3 Å². The van der Waals surface area contributed by atoms with E-state index in [0.717, 1.165) is 38.8 Å². The van der Waals surface area contributed by atoms with Crippen molar-refractivity contribution in [2.24, 2.45) is 0 Å². The normalized spacial score (nSPS) is 23.5. The van der Waals surface area contributed by atoms with Crippen LogP contribution in [0.4, 0.5) is 19.0 Å². The summed E-state index contributed by atoms with van der Waals surface area (Å²) in [4.78, 5) is 32.1. The van der Waals surface area contributed by atoms with Crippen LogP contribution in [0.5, 0.6) is 6.01 Å². The fourth-order valence-electron chi connectivity index (χ4n) is 7.71. The zero-order chi connectivity index (χ0) is 34.9. The average Bonchev–Trinajstić information content (AvgIpc) is 3.95. The molecule has 1 amide bonds. The molecule has 264 valence electrons. The topological polar surface area (TPSA) is 86.7 Å². The zero-order valence-electron chi connectivity index (χ0n) is 28.2. The van der Waals surface area contributed by atoms with Crippen molar-refractivity contribution in [3.8, 4) is 17.3 Å². The Kier molecular flexibility index (Phi) is 10.1. The summed E-state index contributed by atoms with van der Waals surface area (Å²) in [7, 11) is 3.27. The molecule has 8 rings (SSSR count). The number of benzene rings is 2. The number of rotatable bonds is 6. The lowest BCUT2D eigenvalue weighted by Gasteiger charge is -2.27. The van der Waals surface area contributed by atoms with Gasteiger partial charge < -0.3 is 19.9 Å². The predicted octanol–water partition coefficient (Wildman–Crippen LogP) is 6.32. The van der Waals surface area contributed by atoms with Crippen LogP contribution in [0.3, 0.4) is 0 Å². The fourth-order valence-corrected chi connectivity index (χ4v) is 7.99. The molecule has 13 heteroatoms. The molecule has 4 unspecified atom stereocenters. The molecular weight excluding hydrogens is 667 g/mol. The number of pyridine rings is 1. The maximum Gasteiger partial charge on any atom is 0.318 e. The third kappa shape index (κ3) is 6.85. The lowest BCUT2D eigenvalue weighted by Crippen LogP contribution is -2.36. The quantitative estimate of drug-likeness (QED) is 0.233. The summed E-state index contributed by atoms with van der Waals surface area (Å²) in [5.41, 5.74) is 0.363. The number of aromatic nitrogens is 3. The van der Waals surface area contributed by atoms with Crippen molar-refractivity contribution in [1.29, 1.82) is 0 Å². The first-order valence-electron chi connectivity index (χ1n) is 17.3. The number of carbonyl (C=O) groups is 1. The van der Waals surface area contributed by atoms with Gasteiger partial charge in [0.25, 0.3) is 0 Å². The van der Waals surface area contributed by atoms with Crippen LogP contribution in [0.15, 0.2) is 48.7 Å². The molecule has 0 spiro atoms. The number of nitrogens with zero attached hydrogens (tertiary/aromatic N) is 6. The zero-order valence-corrected chi connectivity index (χ0v) is 29.0. The standard InChI is InChI=1S/C30H29ClF2N6O2.C7H12FN/c1-38(19-12-14-39(16-19)23(40)11-9-18-6-4-13-34-18)29-21-15-35-27(26(33)28(21)36-30(37-29)41-2)20-7-3-5-17-8-10-22(32)25(31)24(17)20;8-6-4-7-2-1-3-9(7)5-6/h3,5,7-11,15,18-19,34H,4,6,12-14,16H2,1-2H3;6-7H,1-5H2/b11-9+;. The molecule has 2 aromatic carbocycles. The van der Waals surface area contributed by atoms with Gasteiger partial charge in [0, 0.05) is 68.0 Å². The fraction of sp³-hybridized carbons (Fsp3) is 0.459. The minimum Gasteiger partial charge on any atom is -0.467 e. The number of ether oxygens (including phenoxy) is 1. The second-order valence-electron chi connectivity index (χ2n) is 13.5. The maximum absolute atomic E-state index is 16.2. The van der Waals surface area contributed by atoms with Crippen LogP contribution < -0.4 is 15.0 Å². The number of amides is 1. The number of hydrogen-bond acceptors (Lipinski definition) is 8. The molecule has 50 heavy (non-hydrogen) atoms. The van der Waals surface area contributed by atoms with Gasteiger partial charge in [-0.2, -0.15) is 9.97 Å². The molecule has 0 radical (unpaired) electrons.